The summed E-state index contributed by atoms with van der Waals surface area (Å²) in [5.41, 5.74) is 6.06. The van der Waals surface area contributed by atoms with Gasteiger partial charge in [0.1, 0.15) is 0 Å². The number of halogens is 3. The van der Waals surface area contributed by atoms with Gasteiger partial charge in [-0.3, -0.25) is 4.79 Å². The number of rotatable bonds is 5. The Morgan fingerprint density at radius 2 is 1.89 bits per heavy atom. The van der Waals surface area contributed by atoms with Crippen molar-refractivity contribution in [2.24, 2.45) is 5.73 Å². The lowest BCUT2D eigenvalue weighted by Crippen LogP contribution is -2.38. The van der Waals surface area contributed by atoms with Gasteiger partial charge in [0.2, 0.25) is 5.91 Å². The van der Waals surface area contributed by atoms with Crippen LogP contribution in [-0.2, 0) is 6.54 Å². The first-order chi connectivity index (χ1) is 8.30. The number of alkyl halides is 3. The van der Waals surface area contributed by atoms with Crippen LogP contribution in [0.2, 0.25) is 0 Å². The molecule has 0 radical (unpaired) electrons. The molecule has 0 spiro atoms. The Balaban J connectivity index is 2.43. The molecule has 1 atom stereocenters. The van der Waals surface area contributed by atoms with E-state index in [9.17, 15) is 18.0 Å². The standard InChI is InChI=1S/C11H13F3N2O2/c12-11(13,14)9(17)6-16-5-7-1-3-8(4-2-7)10(15)18/h1-4,9,16-17H,5-6H2,(H2,15,18). The zero-order chi connectivity index (χ0) is 13.8. The van der Waals surface area contributed by atoms with Crippen molar-refractivity contribution in [3.8, 4) is 0 Å². The minimum absolute atomic E-state index is 0.159. The van der Waals surface area contributed by atoms with Gasteiger partial charge >= 0.3 is 6.18 Å². The first-order valence-corrected chi connectivity index (χ1v) is 5.15. The lowest BCUT2D eigenvalue weighted by Gasteiger charge is -2.15. The van der Waals surface area contributed by atoms with Gasteiger partial charge in [0.15, 0.2) is 6.10 Å². The Labute approximate surface area is 102 Å². The van der Waals surface area contributed by atoms with Gasteiger partial charge in [0.25, 0.3) is 0 Å². The molecule has 1 unspecified atom stereocenters. The van der Waals surface area contributed by atoms with Gasteiger partial charge in [-0.25, -0.2) is 0 Å². The van der Waals surface area contributed by atoms with E-state index in [4.69, 9.17) is 10.8 Å². The molecule has 7 heteroatoms. The fourth-order valence-electron chi connectivity index (χ4n) is 1.26. The normalized spacial score (nSPS) is 13.3. The molecule has 1 amide bonds. The van der Waals surface area contributed by atoms with Crippen molar-refractivity contribution in [1.29, 1.82) is 0 Å². The second kappa shape index (κ2) is 5.83. The fourth-order valence-corrected chi connectivity index (χ4v) is 1.26. The second-order valence-electron chi connectivity index (χ2n) is 3.75. The van der Waals surface area contributed by atoms with Crippen LogP contribution >= 0.6 is 0 Å². The number of benzene rings is 1. The van der Waals surface area contributed by atoms with Crippen molar-refractivity contribution in [3.63, 3.8) is 0 Å². The monoisotopic (exact) mass is 262 g/mol. The van der Waals surface area contributed by atoms with E-state index in [0.29, 0.717) is 11.1 Å². The van der Waals surface area contributed by atoms with E-state index in [0.717, 1.165) is 0 Å². The number of amides is 1. The summed E-state index contributed by atoms with van der Waals surface area (Å²) < 4.78 is 35.9. The molecule has 1 rings (SSSR count). The number of aliphatic hydroxyl groups is 1. The van der Waals surface area contributed by atoms with Crippen LogP contribution in [0.3, 0.4) is 0 Å². The molecule has 0 aromatic heterocycles. The Morgan fingerprint density at radius 3 is 2.33 bits per heavy atom. The van der Waals surface area contributed by atoms with Crippen LogP contribution in [0.5, 0.6) is 0 Å². The summed E-state index contributed by atoms with van der Waals surface area (Å²) in [6.07, 6.45) is -7.01. The highest BCUT2D eigenvalue weighted by atomic mass is 19.4. The molecule has 0 aliphatic heterocycles. The van der Waals surface area contributed by atoms with E-state index >= 15 is 0 Å². The number of carbonyl (C=O) groups excluding carboxylic acids is 1. The average Bonchev–Trinajstić information content (AvgIpc) is 2.28. The van der Waals surface area contributed by atoms with Gasteiger partial charge in [-0.15, -0.1) is 0 Å². The first-order valence-electron chi connectivity index (χ1n) is 5.15. The molecule has 0 aliphatic carbocycles. The Bertz CT molecular complexity index is 404. The molecular weight excluding hydrogens is 249 g/mol. The zero-order valence-electron chi connectivity index (χ0n) is 9.37. The summed E-state index contributed by atoms with van der Waals surface area (Å²) in [5, 5.41) is 11.2. The van der Waals surface area contributed by atoms with Crippen LogP contribution in [0.25, 0.3) is 0 Å². The summed E-state index contributed by atoms with van der Waals surface area (Å²) in [7, 11) is 0. The van der Waals surface area contributed by atoms with Gasteiger partial charge in [-0.2, -0.15) is 13.2 Å². The van der Waals surface area contributed by atoms with E-state index < -0.39 is 24.7 Å². The molecule has 0 heterocycles. The molecule has 1 aromatic rings. The van der Waals surface area contributed by atoms with Gasteiger partial charge < -0.3 is 16.2 Å². The fraction of sp³-hybridized carbons (Fsp3) is 0.364. The molecule has 100 valence electrons. The molecule has 4 N–H and O–H groups in total. The molecule has 0 bridgehead atoms. The van der Waals surface area contributed by atoms with Crippen LogP contribution < -0.4 is 11.1 Å². The van der Waals surface area contributed by atoms with E-state index in [2.05, 4.69) is 5.32 Å². The first kappa shape index (κ1) is 14.5. The SMILES string of the molecule is NC(=O)c1ccc(CNCC(O)C(F)(F)F)cc1. The van der Waals surface area contributed by atoms with Crippen molar-refractivity contribution in [2.45, 2.75) is 18.8 Å². The maximum atomic E-state index is 12.0. The van der Waals surface area contributed by atoms with E-state index in [-0.39, 0.29) is 6.54 Å². The van der Waals surface area contributed by atoms with Crippen molar-refractivity contribution in [1.82, 2.24) is 5.32 Å². The summed E-state index contributed by atoms with van der Waals surface area (Å²) >= 11 is 0. The van der Waals surface area contributed by atoms with Crippen LogP contribution in [0.4, 0.5) is 13.2 Å². The second-order valence-corrected chi connectivity index (χ2v) is 3.75. The number of hydrogen-bond donors (Lipinski definition) is 3. The Hall–Kier alpha value is -1.60. The summed E-state index contributed by atoms with van der Waals surface area (Å²) in [6, 6.07) is 6.12. The molecule has 18 heavy (non-hydrogen) atoms. The van der Waals surface area contributed by atoms with Gasteiger partial charge in [-0.05, 0) is 17.7 Å². The van der Waals surface area contributed by atoms with E-state index in [1.807, 2.05) is 0 Å². The molecular formula is C11H13F3N2O2. The predicted molar refractivity (Wildman–Crippen MR) is 58.7 cm³/mol. The van der Waals surface area contributed by atoms with Crippen molar-refractivity contribution in [2.75, 3.05) is 6.54 Å². The van der Waals surface area contributed by atoms with Crippen LogP contribution in [0.1, 0.15) is 15.9 Å². The molecule has 0 fully saturated rings. The van der Waals surface area contributed by atoms with E-state index in [1.165, 1.54) is 12.1 Å². The maximum absolute atomic E-state index is 12.0. The summed E-state index contributed by atoms with van der Waals surface area (Å²) in [4.78, 5) is 10.8. The average molecular weight is 262 g/mol. The number of nitrogens with one attached hydrogen (secondary N) is 1. The quantitative estimate of drug-likeness (QED) is 0.734. The molecule has 4 nitrogen and oxygen atoms in total. The molecule has 0 aliphatic rings. The summed E-state index contributed by atoms with van der Waals surface area (Å²) in [5.74, 6) is -0.568. The minimum Gasteiger partial charge on any atom is -0.382 e. The number of aliphatic hydroxyl groups excluding tert-OH is 1. The number of hydrogen-bond acceptors (Lipinski definition) is 3. The third kappa shape index (κ3) is 4.34. The van der Waals surface area contributed by atoms with Gasteiger partial charge in [0, 0.05) is 18.7 Å². The maximum Gasteiger partial charge on any atom is 0.415 e. The predicted octanol–water partition coefficient (Wildman–Crippen LogP) is 0.798. The highest BCUT2D eigenvalue weighted by Gasteiger charge is 2.37. The zero-order valence-corrected chi connectivity index (χ0v) is 9.37. The molecule has 0 saturated heterocycles. The van der Waals surface area contributed by atoms with Crippen LogP contribution in [0.15, 0.2) is 24.3 Å². The minimum atomic E-state index is -4.62. The summed E-state index contributed by atoms with van der Waals surface area (Å²) in [6.45, 7) is -0.423. The number of primary amides is 1. The largest absolute Gasteiger partial charge is 0.415 e. The molecule has 1 aromatic carbocycles. The van der Waals surface area contributed by atoms with Crippen molar-refractivity contribution < 1.29 is 23.1 Å². The highest BCUT2D eigenvalue weighted by Crippen LogP contribution is 2.19. The lowest BCUT2D eigenvalue weighted by atomic mass is 10.1. The highest BCUT2D eigenvalue weighted by molar-refractivity contribution is 5.92. The molecule has 0 saturated carbocycles. The van der Waals surface area contributed by atoms with Crippen LogP contribution in [-0.4, -0.2) is 29.8 Å². The Kier molecular flexibility index (Phi) is 4.69. The van der Waals surface area contributed by atoms with Crippen molar-refractivity contribution >= 4 is 5.91 Å². The number of nitrogens with two attached hydrogens (primary N) is 1. The van der Waals surface area contributed by atoms with E-state index in [1.54, 1.807) is 12.1 Å². The Morgan fingerprint density at radius 1 is 1.33 bits per heavy atom. The van der Waals surface area contributed by atoms with Gasteiger partial charge in [-0.1, -0.05) is 12.1 Å². The topological polar surface area (TPSA) is 75.4 Å². The van der Waals surface area contributed by atoms with Crippen molar-refractivity contribution in [3.05, 3.63) is 35.4 Å². The smallest absolute Gasteiger partial charge is 0.382 e. The number of carbonyl (C=O) groups is 1. The lowest BCUT2D eigenvalue weighted by molar-refractivity contribution is -0.201. The van der Waals surface area contributed by atoms with Gasteiger partial charge in [0.05, 0.1) is 0 Å². The third-order valence-corrected chi connectivity index (χ3v) is 2.28. The van der Waals surface area contributed by atoms with Crippen LogP contribution in [0, 0.1) is 0 Å². The third-order valence-electron chi connectivity index (χ3n) is 2.28.